The first-order valence-corrected chi connectivity index (χ1v) is 6.79. The van der Waals surface area contributed by atoms with Crippen LogP contribution in [-0.4, -0.2) is 23.9 Å². The van der Waals surface area contributed by atoms with Gasteiger partial charge in [-0.1, -0.05) is 13.3 Å². The molecule has 4 nitrogen and oxygen atoms in total. The number of carbonyl (C=O) groups excluding carboxylic acids is 2. The quantitative estimate of drug-likeness (QED) is 0.695. The van der Waals surface area contributed by atoms with Gasteiger partial charge in [-0.05, 0) is 31.6 Å². The van der Waals surface area contributed by atoms with E-state index in [4.69, 9.17) is 0 Å². The number of urea groups is 1. The van der Waals surface area contributed by atoms with Gasteiger partial charge in [-0.3, -0.25) is 4.79 Å². The summed E-state index contributed by atoms with van der Waals surface area (Å²) in [7, 11) is 0. The molecule has 1 heterocycles. The molecule has 96 valence electrons. The average molecular weight is 238 g/mol. The van der Waals surface area contributed by atoms with Gasteiger partial charge < -0.3 is 10.6 Å². The third kappa shape index (κ3) is 2.99. The van der Waals surface area contributed by atoms with Crippen molar-refractivity contribution in [1.82, 2.24) is 10.6 Å². The van der Waals surface area contributed by atoms with Crippen LogP contribution in [-0.2, 0) is 4.79 Å². The Bertz CT molecular complexity index is 304. The van der Waals surface area contributed by atoms with Gasteiger partial charge in [0.15, 0.2) is 0 Å². The second-order valence-electron chi connectivity index (χ2n) is 5.23. The summed E-state index contributed by atoms with van der Waals surface area (Å²) >= 11 is 0. The molecule has 1 aliphatic carbocycles. The molecule has 1 aliphatic heterocycles. The third-order valence-corrected chi connectivity index (χ3v) is 4.08. The van der Waals surface area contributed by atoms with Gasteiger partial charge in [0.1, 0.15) is 5.78 Å². The molecular formula is C13H22N2O2. The number of rotatable bonds is 6. The van der Waals surface area contributed by atoms with Crippen molar-refractivity contribution >= 4 is 11.8 Å². The average Bonchev–Trinajstić information content (AvgIpc) is 2.84. The van der Waals surface area contributed by atoms with Gasteiger partial charge in [0.2, 0.25) is 0 Å². The number of fused-ring (bicyclic) bond motifs is 1. The lowest BCUT2D eigenvalue weighted by Crippen LogP contribution is -2.33. The third-order valence-electron chi connectivity index (χ3n) is 4.08. The molecule has 4 heteroatoms. The van der Waals surface area contributed by atoms with E-state index >= 15 is 0 Å². The highest BCUT2D eigenvalue weighted by atomic mass is 16.2. The summed E-state index contributed by atoms with van der Waals surface area (Å²) in [5.74, 6) is 0.973. The van der Waals surface area contributed by atoms with Gasteiger partial charge in [0.25, 0.3) is 0 Å². The molecule has 2 amide bonds. The van der Waals surface area contributed by atoms with Gasteiger partial charge in [-0.15, -0.1) is 0 Å². The molecule has 0 aromatic rings. The van der Waals surface area contributed by atoms with Crippen LogP contribution in [0.25, 0.3) is 0 Å². The van der Waals surface area contributed by atoms with Crippen LogP contribution in [0.1, 0.15) is 51.9 Å². The van der Waals surface area contributed by atoms with Gasteiger partial charge in [0, 0.05) is 12.8 Å². The zero-order valence-corrected chi connectivity index (χ0v) is 10.5. The summed E-state index contributed by atoms with van der Waals surface area (Å²) in [6, 6.07) is 0.681. The number of amides is 2. The summed E-state index contributed by atoms with van der Waals surface area (Å²) in [6.45, 7) is 1.92. The van der Waals surface area contributed by atoms with Crippen molar-refractivity contribution < 1.29 is 9.59 Å². The molecule has 2 rings (SSSR count). The number of hydrogen-bond acceptors (Lipinski definition) is 2. The number of hydrogen-bond donors (Lipinski definition) is 2. The molecule has 0 spiro atoms. The van der Waals surface area contributed by atoms with Crippen LogP contribution in [0.15, 0.2) is 0 Å². The largest absolute Gasteiger partial charge is 0.333 e. The molecule has 0 aromatic carbocycles. The van der Waals surface area contributed by atoms with Crippen molar-refractivity contribution in [3.8, 4) is 0 Å². The standard InChI is InChI=1S/C13H22N2O2/c1-2-10(16)6-4-3-5-9-7-8-11-12(9)15-13(17)14-11/h9,11-12H,2-8H2,1H3,(H2,14,15,17)/t9-,11+,12-/m1/s1. The van der Waals surface area contributed by atoms with Crippen LogP contribution in [0, 0.1) is 5.92 Å². The maximum Gasteiger partial charge on any atom is 0.315 e. The van der Waals surface area contributed by atoms with E-state index in [1.807, 2.05) is 6.92 Å². The Morgan fingerprint density at radius 2 is 2.12 bits per heavy atom. The monoisotopic (exact) mass is 238 g/mol. The zero-order chi connectivity index (χ0) is 12.3. The highest BCUT2D eigenvalue weighted by molar-refractivity contribution is 5.78. The minimum absolute atomic E-state index is 0.00846. The Hall–Kier alpha value is -1.06. The van der Waals surface area contributed by atoms with Crippen molar-refractivity contribution in [2.45, 2.75) is 64.0 Å². The van der Waals surface area contributed by atoms with E-state index in [1.165, 1.54) is 6.42 Å². The highest BCUT2D eigenvalue weighted by Crippen LogP contribution is 2.32. The SMILES string of the molecule is CCC(=O)CCCC[C@@H]1CC[C@@H]2NC(=O)N[C@H]12. The Kier molecular flexibility index (Phi) is 4.02. The highest BCUT2D eigenvalue weighted by Gasteiger charge is 2.41. The topological polar surface area (TPSA) is 58.2 Å². The van der Waals surface area contributed by atoms with E-state index in [0.717, 1.165) is 32.1 Å². The van der Waals surface area contributed by atoms with E-state index < -0.39 is 0 Å². The fraction of sp³-hybridized carbons (Fsp3) is 0.846. The fourth-order valence-electron chi connectivity index (χ4n) is 3.05. The molecule has 17 heavy (non-hydrogen) atoms. The molecule has 0 radical (unpaired) electrons. The first-order valence-electron chi connectivity index (χ1n) is 6.79. The van der Waals surface area contributed by atoms with E-state index in [9.17, 15) is 9.59 Å². The second kappa shape index (κ2) is 5.52. The van der Waals surface area contributed by atoms with E-state index in [0.29, 0.717) is 30.2 Å². The van der Waals surface area contributed by atoms with Crippen molar-refractivity contribution in [2.24, 2.45) is 5.92 Å². The number of nitrogens with one attached hydrogen (secondary N) is 2. The Morgan fingerprint density at radius 3 is 2.88 bits per heavy atom. The minimum atomic E-state index is -0.00846. The summed E-state index contributed by atoms with van der Waals surface area (Å²) in [6.07, 6.45) is 6.93. The van der Waals surface area contributed by atoms with Crippen LogP contribution in [0.3, 0.4) is 0 Å². The summed E-state index contributed by atoms with van der Waals surface area (Å²) in [5.41, 5.74) is 0. The lowest BCUT2D eigenvalue weighted by Gasteiger charge is -2.17. The zero-order valence-electron chi connectivity index (χ0n) is 10.5. The Morgan fingerprint density at radius 1 is 1.29 bits per heavy atom. The Balaban J connectivity index is 1.66. The molecule has 3 atom stereocenters. The van der Waals surface area contributed by atoms with Crippen molar-refractivity contribution in [3.63, 3.8) is 0 Å². The first kappa shape index (κ1) is 12.4. The smallest absolute Gasteiger partial charge is 0.315 e. The molecule has 2 fully saturated rings. The Labute approximate surface area is 103 Å². The lowest BCUT2D eigenvalue weighted by molar-refractivity contribution is -0.118. The van der Waals surface area contributed by atoms with Gasteiger partial charge in [-0.25, -0.2) is 4.79 Å². The predicted molar refractivity (Wildman–Crippen MR) is 65.7 cm³/mol. The molecule has 2 aliphatic rings. The van der Waals surface area contributed by atoms with Crippen molar-refractivity contribution in [1.29, 1.82) is 0 Å². The normalized spacial score (nSPS) is 30.9. The number of carbonyl (C=O) groups is 2. The minimum Gasteiger partial charge on any atom is -0.333 e. The van der Waals surface area contributed by atoms with Gasteiger partial charge in [0.05, 0.1) is 12.1 Å². The number of Topliss-reactive ketones (excluding diaryl/α,β-unsaturated/α-hetero) is 1. The molecule has 1 saturated carbocycles. The molecule has 0 unspecified atom stereocenters. The first-order chi connectivity index (χ1) is 8.20. The summed E-state index contributed by atoms with van der Waals surface area (Å²) in [5, 5.41) is 5.97. The van der Waals surface area contributed by atoms with Crippen LogP contribution in [0.5, 0.6) is 0 Å². The van der Waals surface area contributed by atoms with Crippen molar-refractivity contribution in [2.75, 3.05) is 0 Å². The van der Waals surface area contributed by atoms with Gasteiger partial charge in [-0.2, -0.15) is 0 Å². The lowest BCUT2D eigenvalue weighted by atomic mass is 9.95. The van der Waals surface area contributed by atoms with Crippen LogP contribution < -0.4 is 10.6 Å². The maximum absolute atomic E-state index is 11.2. The summed E-state index contributed by atoms with van der Waals surface area (Å²) < 4.78 is 0. The molecule has 0 bridgehead atoms. The van der Waals surface area contributed by atoms with Crippen LogP contribution in [0.2, 0.25) is 0 Å². The molecule has 2 N–H and O–H groups in total. The fourth-order valence-corrected chi connectivity index (χ4v) is 3.05. The van der Waals surface area contributed by atoms with Crippen LogP contribution >= 0.6 is 0 Å². The van der Waals surface area contributed by atoms with Crippen LogP contribution in [0.4, 0.5) is 4.79 Å². The molecular weight excluding hydrogens is 216 g/mol. The van der Waals surface area contributed by atoms with E-state index in [2.05, 4.69) is 10.6 Å². The summed E-state index contributed by atoms with van der Waals surface area (Å²) in [4.78, 5) is 22.4. The molecule has 1 saturated heterocycles. The maximum atomic E-state index is 11.2. The van der Waals surface area contributed by atoms with Crippen molar-refractivity contribution in [3.05, 3.63) is 0 Å². The van der Waals surface area contributed by atoms with E-state index in [1.54, 1.807) is 0 Å². The van der Waals surface area contributed by atoms with Gasteiger partial charge >= 0.3 is 6.03 Å². The molecule has 0 aromatic heterocycles. The number of unbranched alkanes of at least 4 members (excludes halogenated alkanes) is 1. The second-order valence-corrected chi connectivity index (χ2v) is 5.23. The predicted octanol–water partition coefficient (Wildman–Crippen LogP) is 1.99. The number of ketones is 1. The van der Waals surface area contributed by atoms with E-state index in [-0.39, 0.29) is 6.03 Å².